The van der Waals surface area contributed by atoms with Crippen molar-refractivity contribution < 1.29 is 29.0 Å². The molecule has 8 nitrogen and oxygen atoms in total. The second kappa shape index (κ2) is 12.3. The zero-order valence-electron chi connectivity index (χ0n) is 22.3. The summed E-state index contributed by atoms with van der Waals surface area (Å²) in [6.45, 7) is 8.41. The minimum absolute atomic E-state index is 0.187. The van der Waals surface area contributed by atoms with Crippen LogP contribution in [0.15, 0.2) is 43.0 Å². The lowest BCUT2D eigenvalue weighted by atomic mass is 9.70. The van der Waals surface area contributed by atoms with Gasteiger partial charge in [0.15, 0.2) is 0 Å². The summed E-state index contributed by atoms with van der Waals surface area (Å²) in [4.78, 5) is 44.9. The highest BCUT2D eigenvalue weighted by Crippen LogP contribution is 2.60. The fraction of sp³-hybridized carbons (Fsp3) is 0.621. The van der Waals surface area contributed by atoms with Crippen molar-refractivity contribution in [3.8, 4) is 0 Å². The molecule has 4 rings (SSSR count). The first kappa shape index (κ1) is 28.8. The van der Waals surface area contributed by atoms with E-state index in [-0.39, 0.29) is 29.9 Å². The smallest absolute Gasteiger partial charge is 0.312 e. The Morgan fingerprint density at radius 1 is 1.32 bits per heavy atom. The quantitative estimate of drug-likeness (QED) is 0.164. The number of esters is 1. The van der Waals surface area contributed by atoms with Crippen LogP contribution < -0.4 is 0 Å². The van der Waals surface area contributed by atoms with Gasteiger partial charge in [-0.1, -0.05) is 72.1 Å². The normalized spacial score (nSPS) is 30.3. The van der Waals surface area contributed by atoms with E-state index in [2.05, 4.69) is 29.4 Å². The van der Waals surface area contributed by atoms with Gasteiger partial charge in [0.1, 0.15) is 11.6 Å². The molecule has 0 aromatic heterocycles. The Morgan fingerprint density at radius 2 is 2.05 bits per heavy atom. The Labute approximate surface area is 233 Å². The Hall–Kier alpha value is -2.23. The zero-order valence-corrected chi connectivity index (χ0v) is 23.8. The molecule has 0 radical (unpaired) electrons. The number of nitrogens with zero attached hydrogens (tertiary/aromatic N) is 2. The third kappa shape index (κ3) is 5.05. The van der Waals surface area contributed by atoms with Gasteiger partial charge in [0, 0.05) is 17.9 Å². The van der Waals surface area contributed by atoms with Crippen molar-refractivity contribution in [2.45, 2.75) is 74.6 Å². The molecule has 0 saturated carbocycles. The number of unbranched alkanes of at least 4 members (excludes halogenated alkanes) is 2. The Bertz CT molecular complexity index is 1020. The van der Waals surface area contributed by atoms with Crippen molar-refractivity contribution in [1.82, 2.24) is 9.80 Å². The summed E-state index contributed by atoms with van der Waals surface area (Å²) in [5.74, 6) is -2.70. The molecular formula is C29H39BrN2O6. The number of ether oxygens (including phenoxy) is 2. The lowest BCUT2D eigenvalue weighted by molar-refractivity contribution is -0.156. The van der Waals surface area contributed by atoms with Crippen LogP contribution in [0.5, 0.6) is 0 Å². The zero-order chi connectivity index (χ0) is 27.4. The molecule has 208 valence electrons. The van der Waals surface area contributed by atoms with E-state index < -0.39 is 41.6 Å². The topological polar surface area (TPSA) is 96.4 Å². The van der Waals surface area contributed by atoms with Crippen LogP contribution in [0, 0.1) is 11.8 Å². The summed E-state index contributed by atoms with van der Waals surface area (Å²) in [5.41, 5.74) is -0.241. The summed E-state index contributed by atoms with van der Waals surface area (Å²) in [6, 6.07) is 7.97. The highest BCUT2D eigenvalue weighted by atomic mass is 79.9. The van der Waals surface area contributed by atoms with Crippen LogP contribution in [0.25, 0.3) is 0 Å². The van der Waals surface area contributed by atoms with Gasteiger partial charge in [-0.15, -0.1) is 6.58 Å². The maximum absolute atomic E-state index is 14.4. The minimum atomic E-state index is -1.18. The largest absolute Gasteiger partial charge is 0.466 e. The summed E-state index contributed by atoms with van der Waals surface area (Å²) in [7, 11) is 0. The van der Waals surface area contributed by atoms with Gasteiger partial charge >= 0.3 is 5.97 Å². The maximum Gasteiger partial charge on any atom is 0.312 e. The van der Waals surface area contributed by atoms with Gasteiger partial charge in [0.05, 0.1) is 37.2 Å². The molecule has 1 N–H and O–H groups in total. The molecule has 3 heterocycles. The van der Waals surface area contributed by atoms with Crippen LogP contribution >= 0.6 is 15.9 Å². The van der Waals surface area contributed by atoms with Gasteiger partial charge in [-0.25, -0.2) is 0 Å². The van der Waals surface area contributed by atoms with Gasteiger partial charge in [-0.3, -0.25) is 14.4 Å². The number of fused-ring (bicyclic) bond motifs is 1. The van der Waals surface area contributed by atoms with E-state index in [1.807, 2.05) is 30.3 Å². The summed E-state index contributed by atoms with van der Waals surface area (Å²) in [6.07, 6.45) is 4.73. The molecule has 1 unspecified atom stereocenters. The number of amides is 2. The number of rotatable bonds is 13. The average Bonchev–Trinajstić information content (AvgIpc) is 3.50. The third-order valence-corrected chi connectivity index (χ3v) is 8.98. The van der Waals surface area contributed by atoms with Crippen molar-refractivity contribution in [2.24, 2.45) is 11.8 Å². The standard InChI is InChI=1S/C29H39BrN2O6/c1-4-7-11-15-31(14-5-2)27(35)25-29-17-21(30)24(38-29)22(28(36)37-6-3)23(29)26(34)32(25)20(18-33)16-19-12-9-8-10-13-19/h5,8-10,12-13,20-25,33H,2,4,6-7,11,14-18H2,1,3H3/t20-,21?,22+,23-,24+,25+,29-/m1/s1. The molecule has 3 fully saturated rings. The Balaban J connectivity index is 1.77. The van der Waals surface area contributed by atoms with Crippen LogP contribution in [0.4, 0.5) is 0 Å². The van der Waals surface area contributed by atoms with Crippen molar-refractivity contribution in [2.75, 3.05) is 26.3 Å². The number of aliphatic hydroxyl groups excluding tert-OH is 1. The molecule has 2 amide bonds. The molecule has 0 aliphatic carbocycles. The molecule has 1 spiro atoms. The van der Waals surface area contributed by atoms with Gasteiger partial charge in [0.2, 0.25) is 11.8 Å². The molecule has 3 saturated heterocycles. The SMILES string of the molecule is C=CCN(CCCCC)C(=O)[C@@H]1N([C@@H](CO)Cc2ccccc2)C(=O)[C@H]2[C@H](C(=O)OCC)[C@H]3O[C@@]12CC3Br. The number of alkyl halides is 1. The van der Waals surface area contributed by atoms with Gasteiger partial charge in [0.25, 0.3) is 0 Å². The fourth-order valence-electron chi connectivity index (χ4n) is 6.56. The Morgan fingerprint density at radius 3 is 2.68 bits per heavy atom. The first-order valence-corrected chi connectivity index (χ1v) is 14.6. The number of likely N-dealkylation sites (tertiary alicyclic amines) is 1. The number of halogens is 1. The number of carbonyl (C=O) groups is 3. The number of aliphatic hydroxyl groups is 1. The molecular weight excluding hydrogens is 552 g/mol. The highest BCUT2D eigenvalue weighted by molar-refractivity contribution is 9.09. The van der Waals surface area contributed by atoms with E-state index >= 15 is 0 Å². The summed E-state index contributed by atoms with van der Waals surface area (Å²) in [5, 5.41) is 10.5. The molecule has 7 atom stereocenters. The lowest BCUT2D eigenvalue weighted by Gasteiger charge is -2.39. The van der Waals surface area contributed by atoms with Crippen LogP contribution in [0.2, 0.25) is 0 Å². The van der Waals surface area contributed by atoms with E-state index in [1.165, 1.54) is 4.90 Å². The van der Waals surface area contributed by atoms with Crippen LogP contribution in [0.3, 0.4) is 0 Å². The minimum Gasteiger partial charge on any atom is -0.466 e. The highest BCUT2D eigenvalue weighted by Gasteiger charge is 2.77. The second-order valence-electron chi connectivity index (χ2n) is 10.5. The number of carbonyl (C=O) groups excluding carboxylic acids is 3. The van der Waals surface area contributed by atoms with Gasteiger partial charge in [-0.2, -0.15) is 0 Å². The molecule has 3 aliphatic heterocycles. The van der Waals surface area contributed by atoms with Gasteiger partial charge < -0.3 is 24.4 Å². The number of benzene rings is 1. The second-order valence-corrected chi connectivity index (χ2v) is 11.6. The number of hydrogen-bond donors (Lipinski definition) is 1. The predicted molar refractivity (Wildman–Crippen MR) is 147 cm³/mol. The first-order chi connectivity index (χ1) is 18.3. The Kier molecular flexibility index (Phi) is 9.31. The molecule has 1 aromatic carbocycles. The lowest BCUT2D eigenvalue weighted by Crippen LogP contribution is -2.59. The van der Waals surface area contributed by atoms with E-state index in [1.54, 1.807) is 17.9 Å². The van der Waals surface area contributed by atoms with Crippen LogP contribution in [0.1, 0.15) is 45.1 Å². The summed E-state index contributed by atoms with van der Waals surface area (Å²) >= 11 is 3.68. The van der Waals surface area contributed by atoms with Gasteiger partial charge in [-0.05, 0) is 31.7 Å². The maximum atomic E-state index is 14.4. The van der Waals surface area contributed by atoms with Crippen LogP contribution in [-0.2, 0) is 30.3 Å². The molecule has 38 heavy (non-hydrogen) atoms. The molecule has 2 bridgehead atoms. The van der Waals surface area contributed by atoms with E-state index in [0.717, 1.165) is 24.8 Å². The molecule has 1 aromatic rings. The monoisotopic (exact) mass is 590 g/mol. The fourth-order valence-corrected chi connectivity index (χ4v) is 7.50. The van der Waals surface area contributed by atoms with E-state index in [9.17, 15) is 19.5 Å². The van der Waals surface area contributed by atoms with Crippen molar-refractivity contribution in [3.63, 3.8) is 0 Å². The molecule has 9 heteroatoms. The van der Waals surface area contributed by atoms with Crippen molar-refractivity contribution in [3.05, 3.63) is 48.6 Å². The van der Waals surface area contributed by atoms with E-state index in [4.69, 9.17) is 9.47 Å². The summed E-state index contributed by atoms with van der Waals surface area (Å²) < 4.78 is 11.9. The number of hydrogen-bond acceptors (Lipinski definition) is 6. The van der Waals surface area contributed by atoms with Crippen LogP contribution in [-0.4, -0.2) is 87.6 Å². The molecule has 3 aliphatic rings. The third-order valence-electron chi connectivity index (χ3n) is 8.13. The first-order valence-electron chi connectivity index (χ1n) is 13.7. The predicted octanol–water partition coefficient (Wildman–Crippen LogP) is 3.11. The van der Waals surface area contributed by atoms with Crippen molar-refractivity contribution >= 4 is 33.7 Å². The van der Waals surface area contributed by atoms with E-state index in [0.29, 0.717) is 25.9 Å². The average molecular weight is 592 g/mol. The van der Waals surface area contributed by atoms with Crippen molar-refractivity contribution in [1.29, 1.82) is 0 Å².